The van der Waals surface area contributed by atoms with Crippen molar-refractivity contribution in [2.24, 2.45) is 0 Å². The Labute approximate surface area is 90.4 Å². The fraction of sp³-hybridized carbons (Fsp3) is 0.222. The number of carbonyl (C=O) groups is 1. The minimum absolute atomic E-state index is 0.191. The molecule has 2 heterocycles. The van der Waals surface area contributed by atoms with Gasteiger partial charge in [-0.15, -0.1) is 5.10 Å². The predicted octanol–water partition coefficient (Wildman–Crippen LogP) is 1.79. The van der Waals surface area contributed by atoms with E-state index < -0.39 is 5.97 Å². The Bertz CT molecular complexity index is 509. The molecule has 0 aliphatic carbocycles. The number of fused-ring (bicyclic) bond motifs is 1. The van der Waals surface area contributed by atoms with Gasteiger partial charge in [-0.25, -0.2) is 4.79 Å². The lowest BCUT2D eigenvalue weighted by atomic mass is 10.2. The Kier molecular flexibility index (Phi) is 2.55. The summed E-state index contributed by atoms with van der Waals surface area (Å²) >= 11 is 5.85. The van der Waals surface area contributed by atoms with Gasteiger partial charge < -0.3 is 9.72 Å². The third-order valence-corrected chi connectivity index (χ3v) is 2.21. The average molecular weight is 226 g/mol. The van der Waals surface area contributed by atoms with Crippen LogP contribution in [0.25, 0.3) is 10.9 Å². The molecule has 0 saturated heterocycles. The zero-order valence-corrected chi connectivity index (χ0v) is 8.71. The SMILES string of the molecule is CCOC(=O)c1c[nH]c2cnnc(Cl)c12. The number of aromatic nitrogens is 3. The van der Waals surface area contributed by atoms with Gasteiger partial charge in [-0.3, -0.25) is 0 Å². The lowest BCUT2D eigenvalue weighted by Crippen LogP contribution is -2.03. The molecule has 0 atom stereocenters. The number of H-pyrrole nitrogens is 1. The second-order valence-corrected chi connectivity index (χ2v) is 3.20. The molecule has 0 radical (unpaired) electrons. The third kappa shape index (κ3) is 1.66. The monoisotopic (exact) mass is 225 g/mol. The van der Waals surface area contributed by atoms with Gasteiger partial charge >= 0.3 is 5.97 Å². The second kappa shape index (κ2) is 3.86. The molecule has 0 saturated carbocycles. The van der Waals surface area contributed by atoms with Crippen LogP contribution >= 0.6 is 11.6 Å². The van der Waals surface area contributed by atoms with Crippen LogP contribution in [-0.4, -0.2) is 27.8 Å². The molecule has 0 bridgehead atoms. The van der Waals surface area contributed by atoms with Crippen LogP contribution in [0.2, 0.25) is 5.15 Å². The summed E-state index contributed by atoms with van der Waals surface area (Å²) < 4.78 is 4.88. The van der Waals surface area contributed by atoms with Crippen LogP contribution in [0.5, 0.6) is 0 Å². The number of hydrogen-bond donors (Lipinski definition) is 1. The fourth-order valence-electron chi connectivity index (χ4n) is 1.32. The van der Waals surface area contributed by atoms with Gasteiger partial charge in [0, 0.05) is 6.20 Å². The highest BCUT2D eigenvalue weighted by molar-refractivity contribution is 6.35. The number of carbonyl (C=O) groups excluding carboxylic acids is 1. The van der Waals surface area contributed by atoms with Gasteiger partial charge in [0.25, 0.3) is 0 Å². The van der Waals surface area contributed by atoms with Crippen molar-refractivity contribution < 1.29 is 9.53 Å². The number of nitrogens with zero attached hydrogens (tertiary/aromatic N) is 2. The zero-order valence-electron chi connectivity index (χ0n) is 7.95. The molecule has 0 aliphatic heterocycles. The van der Waals surface area contributed by atoms with E-state index in [0.717, 1.165) is 0 Å². The summed E-state index contributed by atoms with van der Waals surface area (Å²) in [5, 5.41) is 8.07. The molecule has 0 aliphatic rings. The number of rotatable bonds is 2. The van der Waals surface area contributed by atoms with Crippen LogP contribution in [-0.2, 0) is 4.74 Å². The van der Waals surface area contributed by atoms with Gasteiger partial charge in [0.2, 0.25) is 0 Å². The first-order valence-electron chi connectivity index (χ1n) is 4.39. The van der Waals surface area contributed by atoms with Crippen molar-refractivity contribution in [2.75, 3.05) is 6.61 Å². The van der Waals surface area contributed by atoms with Gasteiger partial charge in [-0.05, 0) is 6.92 Å². The third-order valence-electron chi connectivity index (χ3n) is 1.94. The standard InChI is InChI=1S/C9H8ClN3O2/c1-2-15-9(14)5-3-11-6-4-12-13-8(10)7(5)6/h3-4,11H,2H2,1H3. The van der Waals surface area contributed by atoms with Gasteiger partial charge in [0.1, 0.15) is 0 Å². The first-order chi connectivity index (χ1) is 7.24. The van der Waals surface area contributed by atoms with Crippen molar-refractivity contribution in [3.05, 3.63) is 23.1 Å². The summed E-state index contributed by atoms with van der Waals surface area (Å²) in [5.41, 5.74) is 1.05. The molecule has 1 N–H and O–H groups in total. The highest BCUT2D eigenvalue weighted by atomic mass is 35.5. The van der Waals surface area contributed by atoms with Crippen molar-refractivity contribution >= 4 is 28.5 Å². The molecule has 2 aromatic heterocycles. The van der Waals surface area contributed by atoms with E-state index in [0.29, 0.717) is 23.1 Å². The van der Waals surface area contributed by atoms with Crippen LogP contribution in [0.15, 0.2) is 12.4 Å². The molecule has 15 heavy (non-hydrogen) atoms. The zero-order chi connectivity index (χ0) is 10.8. The fourth-order valence-corrected chi connectivity index (χ4v) is 1.57. The topological polar surface area (TPSA) is 67.9 Å². The van der Waals surface area contributed by atoms with Crippen molar-refractivity contribution in [3.63, 3.8) is 0 Å². The van der Waals surface area contributed by atoms with Crippen molar-refractivity contribution in [1.82, 2.24) is 15.2 Å². The summed E-state index contributed by atoms with van der Waals surface area (Å²) in [5.74, 6) is -0.418. The van der Waals surface area contributed by atoms with Crippen molar-refractivity contribution in [3.8, 4) is 0 Å². The molecular weight excluding hydrogens is 218 g/mol. The summed E-state index contributed by atoms with van der Waals surface area (Å²) in [6.45, 7) is 2.07. The largest absolute Gasteiger partial charge is 0.462 e. The maximum atomic E-state index is 11.5. The lowest BCUT2D eigenvalue weighted by molar-refractivity contribution is 0.0528. The van der Waals surface area contributed by atoms with Crippen LogP contribution in [0.4, 0.5) is 0 Å². The van der Waals surface area contributed by atoms with E-state index in [4.69, 9.17) is 16.3 Å². The van der Waals surface area contributed by atoms with Gasteiger partial charge in [0.05, 0.1) is 29.3 Å². The Balaban J connectivity index is 2.57. The van der Waals surface area contributed by atoms with Gasteiger partial charge in [0.15, 0.2) is 5.15 Å². The van der Waals surface area contributed by atoms with E-state index in [1.54, 1.807) is 6.92 Å². The number of ether oxygens (including phenoxy) is 1. The van der Waals surface area contributed by atoms with E-state index in [2.05, 4.69) is 15.2 Å². The average Bonchev–Trinajstić information content (AvgIpc) is 2.63. The summed E-state index contributed by atoms with van der Waals surface area (Å²) in [6.07, 6.45) is 3.04. The number of aromatic amines is 1. The van der Waals surface area contributed by atoms with E-state index in [-0.39, 0.29) is 5.15 Å². The first kappa shape index (κ1) is 9.92. The predicted molar refractivity (Wildman–Crippen MR) is 54.9 cm³/mol. The van der Waals surface area contributed by atoms with Crippen LogP contribution in [0.3, 0.4) is 0 Å². The van der Waals surface area contributed by atoms with Gasteiger partial charge in [-0.1, -0.05) is 11.6 Å². The quantitative estimate of drug-likeness (QED) is 0.792. The Morgan fingerprint density at radius 2 is 2.47 bits per heavy atom. The molecule has 0 fully saturated rings. The van der Waals surface area contributed by atoms with Crippen LogP contribution in [0, 0.1) is 0 Å². The molecule has 5 nitrogen and oxygen atoms in total. The summed E-state index contributed by atoms with van der Waals surface area (Å²) in [7, 11) is 0. The number of esters is 1. The van der Waals surface area contributed by atoms with E-state index in [9.17, 15) is 4.79 Å². The molecule has 2 rings (SSSR count). The van der Waals surface area contributed by atoms with Crippen molar-refractivity contribution in [2.45, 2.75) is 6.92 Å². The van der Waals surface area contributed by atoms with E-state index in [1.165, 1.54) is 12.4 Å². The minimum atomic E-state index is -0.418. The molecule has 0 amide bonds. The molecule has 0 aromatic carbocycles. The molecular formula is C9H8ClN3O2. The molecule has 2 aromatic rings. The smallest absolute Gasteiger partial charge is 0.340 e. The molecule has 6 heteroatoms. The molecule has 0 spiro atoms. The maximum Gasteiger partial charge on any atom is 0.340 e. The van der Waals surface area contributed by atoms with Crippen LogP contribution < -0.4 is 0 Å². The van der Waals surface area contributed by atoms with Crippen LogP contribution in [0.1, 0.15) is 17.3 Å². The van der Waals surface area contributed by atoms with Crippen molar-refractivity contribution in [1.29, 1.82) is 0 Å². The maximum absolute atomic E-state index is 11.5. The lowest BCUT2D eigenvalue weighted by Gasteiger charge is -1.99. The molecule has 0 unspecified atom stereocenters. The Morgan fingerprint density at radius 3 is 3.20 bits per heavy atom. The van der Waals surface area contributed by atoms with E-state index >= 15 is 0 Å². The number of nitrogens with one attached hydrogen (secondary N) is 1. The first-order valence-corrected chi connectivity index (χ1v) is 4.77. The summed E-state index contributed by atoms with van der Waals surface area (Å²) in [4.78, 5) is 14.4. The summed E-state index contributed by atoms with van der Waals surface area (Å²) in [6, 6.07) is 0. The number of hydrogen-bond acceptors (Lipinski definition) is 4. The second-order valence-electron chi connectivity index (χ2n) is 2.85. The Hall–Kier alpha value is -1.62. The van der Waals surface area contributed by atoms with E-state index in [1.807, 2.05) is 0 Å². The highest BCUT2D eigenvalue weighted by Gasteiger charge is 2.16. The van der Waals surface area contributed by atoms with Gasteiger partial charge in [-0.2, -0.15) is 5.10 Å². The minimum Gasteiger partial charge on any atom is -0.462 e. The Morgan fingerprint density at radius 1 is 1.67 bits per heavy atom. The normalized spacial score (nSPS) is 10.5. The highest BCUT2D eigenvalue weighted by Crippen LogP contribution is 2.24. The number of halogens is 1. The molecule has 78 valence electrons.